The van der Waals surface area contributed by atoms with Crippen LogP contribution in [0.25, 0.3) is 0 Å². The summed E-state index contributed by atoms with van der Waals surface area (Å²) in [7, 11) is 0. The fourth-order valence-electron chi connectivity index (χ4n) is 7.25. The molecule has 1 aromatic heterocycles. The minimum Gasteiger partial charge on any atom is -0.477 e. The number of piperidine rings is 1. The Morgan fingerprint density at radius 1 is 1.15 bits per heavy atom. The number of hydrogen-bond acceptors (Lipinski definition) is 8. The maximum Gasteiger partial charge on any atom is 0.394 e. The summed E-state index contributed by atoms with van der Waals surface area (Å²) in [5, 5.41) is 11.4. The van der Waals surface area contributed by atoms with Crippen LogP contribution in [0.1, 0.15) is 77.8 Å². The first-order chi connectivity index (χ1) is 18.6. The summed E-state index contributed by atoms with van der Waals surface area (Å²) in [6, 6.07) is 1.78. The molecular weight excluding hydrogens is 527 g/mol. The minimum atomic E-state index is -4.14. The molecule has 7 atom stereocenters. The molecular formula is C27H44F3N7OS. The summed E-state index contributed by atoms with van der Waals surface area (Å²) in [5.41, 5.74) is 2.24. The van der Waals surface area contributed by atoms with Gasteiger partial charge in [-0.3, -0.25) is 19.6 Å². The van der Waals surface area contributed by atoms with Gasteiger partial charge in [0.2, 0.25) is 5.88 Å². The fourth-order valence-corrected chi connectivity index (χ4v) is 8.19. The number of halogens is 3. The van der Waals surface area contributed by atoms with E-state index in [0.29, 0.717) is 23.1 Å². The molecule has 4 aliphatic heterocycles. The van der Waals surface area contributed by atoms with Crippen molar-refractivity contribution in [3.05, 3.63) is 12.3 Å². The first kappa shape index (κ1) is 28.1. The molecule has 1 aliphatic carbocycles. The SMILES string of the molecule is CC1(C)C[C@H]2CCCN3CCC(N3)SNCC3CCC(n4ccc(OCCC5(C(F)(F)F)CC5)n4)NC3N1C2. The van der Waals surface area contributed by atoms with E-state index < -0.39 is 11.6 Å². The molecule has 12 heteroatoms. The summed E-state index contributed by atoms with van der Waals surface area (Å²) >= 11 is 1.83. The van der Waals surface area contributed by atoms with Crippen LogP contribution in [-0.2, 0) is 0 Å². The summed E-state index contributed by atoms with van der Waals surface area (Å²) in [5.74, 6) is 1.57. The topological polar surface area (TPSA) is 69.6 Å². The van der Waals surface area contributed by atoms with Gasteiger partial charge in [0.25, 0.3) is 0 Å². The highest BCUT2D eigenvalue weighted by atomic mass is 32.2. The zero-order valence-corrected chi connectivity index (χ0v) is 24.0. The predicted molar refractivity (Wildman–Crippen MR) is 146 cm³/mol. The van der Waals surface area contributed by atoms with Crippen molar-refractivity contribution in [3.8, 4) is 5.88 Å². The average molecular weight is 572 g/mol. The third kappa shape index (κ3) is 6.11. The molecule has 1 aromatic rings. The molecule has 3 N–H and O–H groups in total. The van der Waals surface area contributed by atoms with Gasteiger partial charge in [0.15, 0.2) is 0 Å². The average Bonchev–Trinajstić information content (AvgIpc) is 3.18. The number of alkyl halides is 3. The number of aromatic nitrogens is 2. The lowest BCUT2D eigenvalue weighted by Crippen LogP contribution is -2.60. The van der Waals surface area contributed by atoms with Gasteiger partial charge in [-0.15, -0.1) is 5.10 Å². The summed E-state index contributed by atoms with van der Waals surface area (Å²) < 4.78 is 51.0. The van der Waals surface area contributed by atoms with Crippen LogP contribution < -0.4 is 20.2 Å². The lowest BCUT2D eigenvalue weighted by molar-refractivity contribution is -0.190. The number of fused-ring (bicyclic) bond motifs is 6. The van der Waals surface area contributed by atoms with Crippen molar-refractivity contribution >= 4 is 11.9 Å². The fraction of sp³-hybridized carbons (Fsp3) is 0.889. The standard InChI is InChI=1S/C27H44F3N7OS/c1-25(2)16-19-4-3-12-35-13-8-23(34-35)39-31-17-20-5-6-21(32-24(20)36(25)18-19)37-14-7-22(33-37)38-15-11-26(9-10-26)27(28,29)30/h7,14,19-21,23-24,31-32,34H,3-6,8-13,15-18H2,1-2H3/t19-,20?,21?,23?,24?/m1/s1. The van der Waals surface area contributed by atoms with E-state index in [9.17, 15) is 13.2 Å². The highest BCUT2D eigenvalue weighted by Gasteiger charge is 2.62. The minimum absolute atomic E-state index is 0.000573. The monoisotopic (exact) mass is 571 g/mol. The summed E-state index contributed by atoms with van der Waals surface area (Å²) in [4.78, 5) is 2.70. The van der Waals surface area contributed by atoms with Crippen molar-refractivity contribution in [1.29, 1.82) is 0 Å². The van der Waals surface area contributed by atoms with Crippen molar-refractivity contribution in [1.82, 2.24) is 35.2 Å². The first-order valence-corrected chi connectivity index (χ1v) is 15.7. The van der Waals surface area contributed by atoms with Crippen molar-refractivity contribution in [3.63, 3.8) is 0 Å². The second-order valence-electron chi connectivity index (χ2n) is 13.0. The van der Waals surface area contributed by atoms with Crippen LogP contribution in [0.3, 0.4) is 0 Å². The second-order valence-corrected chi connectivity index (χ2v) is 14.1. The van der Waals surface area contributed by atoms with Gasteiger partial charge < -0.3 is 4.74 Å². The molecule has 1 saturated carbocycles. The zero-order chi connectivity index (χ0) is 27.3. The van der Waals surface area contributed by atoms with Crippen molar-refractivity contribution in [2.24, 2.45) is 17.3 Å². The molecule has 4 bridgehead atoms. The van der Waals surface area contributed by atoms with E-state index in [1.165, 1.54) is 19.3 Å². The Kier molecular flexibility index (Phi) is 7.91. The zero-order valence-electron chi connectivity index (χ0n) is 23.2. The van der Waals surface area contributed by atoms with E-state index in [-0.39, 0.29) is 43.7 Å². The molecule has 6 unspecified atom stereocenters. The summed E-state index contributed by atoms with van der Waals surface area (Å²) in [6.45, 7) is 9.09. The molecule has 6 rings (SSSR count). The number of hydrogen-bond donors (Lipinski definition) is 3. The Bertz CT molecular complexity index is 987. The second kappa shape index (κ2) is 11.0. The van der Waals surface area contributed by atoms with E-state index in [1.807, 2.05) is 22.8 Å². The summed E-state index contributed by atoms with van der Waals surface area (Å²) in [6.07, 6.45) is 5.28. The van der Waals surface area contributed by atoms with Crippen molar-refractivity contribution in [2.75, 3.05) is 32.8 Å². The quantitative estimate of drug-likeness (QED) is 0.447. The lowest BCUT2D eigenvalue weighted by atomic mass is 9.90. The maximum absolute atomic E-state index is 13.2. The van der Waals surface area contributed by atoms with E-state index in [4.69, 9.17) is 4.74 Å². The van der Waals surface area contributed by atoms with Crippen LogP contribution in [-0.4, -0.2) is 75.7 Å². The number of rotatable bonds is 5. The normalized spacial score (nSPS) is 38.1. The van der Waals surface area contributed by atoms with Gasteiger partial charge in [-0.1, -0.05) is 11.9 Å². The van der Waals surface area contributed by atoms with Crippen molar-refractivity contribution < 1.29 is 17.9 Å². The van der Waals surface area contributed by atoms with Crippen LogP contribution >= 0.6 is 11.9 Å². The van der Waals surface area contributed by atoms with Crippen LogP contribution in [0, 0.1) is 17.3 Å². The van der Waals surface area contributed by atoms with Gasteiger partial charge in [0.05, 0.1) is 23.6 Å². The van der Waals surface area contributed by atoms with Crippen LogP contribution in [0.5, 0.6) is 5.88 Å². The molecule has 220 valence electrons. The first-order valence-electron chi connectivity index (χ1n) is 14.8. The van der Waals surface area contributed by atoms with Gasteiger partial charge in [-0.25, -0.2) is 10.4 Å². The lowest BCUT2D eigenvalue weighted by Gasteiger charge is -2.47. The maximum atomic E-state index is 13.2. The molecule has 5 heterocycles. The molecule has 5 fully saturated rings. The van der Waals surface area contributed by atoms with E-state index in [1.54, 1.807) is 6.07 Å². The highest BCUT2D eigenvalue weighted by Crippen LogP contribution is 2.59. The Labute approximate surface area is 234 Å². The third-order valence-electron chi connectivity index (χ3n) is 9.76. The Balaban J connectivity index is 1.11. The predicted octanol–water partition coefficient (Wildman–Crippen LogP) is 4.49. The number of nitrogens with zero attached hydrogens (tertiary/aromatic N) is 4. The van der Waals surface area contributed by atoms with Crippen LogP contribution in [0.2, 0.25) is 0 Å². The third-order valence-corrected chi connectivity index (χ3v) is 10.7. The molecule has 0 aromatic carbocycles. The molecule has 39 heavy (non-hydrogen) atoms. The van der Waals surface area contributed by atoms with Gasteiger partial charge in [-0.2, -0.15) is 13.2 Å². The number of nitrogens with one attached hydrogen (secondary N) is 3. The van der Waals surface area contributed by atoms with Gasteiger partial charge in [0, 0.05) is 49.9 Å². The Morgan fingerprint density at radius 3 is 2.79 bits per heavy atom. The van der Waals surface area contributed by atoms with Crippen LogP contribution in [0.4, 0.5) is 13.2 Å². The van der Waals surface area contributed by atoms with Crippen LogP contribution in [0.15, 0.2) is 12.3 Å². The van der Waals surface area contributed by atoms with E-state index in [2.05, 4.69) is 44.3 Å². The highest BCUT2D eigenvalue weighted by molar-refractivity contribution is 7.98. The van der Waals surface area contributed by atoms with E-state index >= 15 is 0 Å². The van der Waals surface area contributed by atoms with Gasteiger partial charge >= 0.3 is 6.18 Å². The number of ether oxygens (including phenoxy) is 1. The Morgan fingerprint density at radius 2 is 2.00 bits per heavy atom. The molecule has 8 nitrogen and oxygen atoms in total. The molecule has 0 radical (unpaired) electrons. The van der Waals surface area contributed by atoms with E-state index in [0.717, 1.165) is 45.4 Å². The van der Waals surface area contributed by atoms with Gasteiger partial charge in [-0.05, 0) is 77.6 Å². The van der Waals surface area contributed by atoms with Gasteiger partial charge in [0.1, 0.15) is 6.17 Å². The largest absolute Gasteiger partial charge is 0.477 e. The smallest absolute Gasteiger partial charge is 0.394 e. The Hall–Kier alpha value is -1.05. The molecule has 4 saturated heterocycles. The molecule has 0 spiro atoms. The number of hydrazine groups is 1. The molecule has 0 amide bonds. The molecule has 5 aliphatic rings. The van der Waals surface area contributed by atoms with Crippen molar-refractivity contribution in [2.45, 2.75) is 101 Å².